The summed E-state index contributed by atoms with van der Waals surface area (Å²) in [4.78, 5) is 0.385. The first kappa shape index (κ1) is 13.5. The minimum atomic E-state index is -3.08. The first-order valence-electron chi connectivity index (χ1n) is 5.18. The lowest BCUT2D eigenvalue weighted by molar-refractivity contribution is 0.597. The van der Waals surface area contributed by atoms with Crippen LogP contribution >= 0.6 is 11.6 Å². The van der Waals surface area contributed by atoms with Gasteiger partial charge in [0.05, 0.1) is 10.6 Å². The van der Waals surface area contributed by atoms with Gasteiger partial charge in [-0.3, -0.25) is 0 Å². The van der Waals surface area contributed by atoms with Crippen LogP contribution in [0.3, 0.4) is 0 Å². The van der Waals surface area contributed by atoms with Crippen LogP contribution in [-0.2, 0) is 16.4 Å². The molecule has 0 radical (unpaired) electrons. The van der Waals surface area contributed by atoms with Gasteiger partial charge in [-0.05, 0) is 17.7 Å². The third kappa shape index (κ3) is 3.77. The molecular weight excluding hydrogens is 246 g/mol. The van der Waals surface area contributed by atoms with Crippen LogP contribution in [-0.4, -0.2) is 26.6 Å². The molecule has 1 N–H and O–H groups in total. The van der Waals surface area contributed by atoms with Crippen molar-refractivity contribution in [3.05, 3.63) is 29.8 Å². The van der Waals surface area contributed by atoms with Crippen LogP contribution in [0.25, 0.3) is 0 Å². The van der Waals surface area contributed by atoms with Crippen molar-refractivity contribution in [1.82, 2.24) is 5.32 Å². The van der Waals surface area contributed by atoms with Crippen LogP contribution in [0.2, 0.25) is 0 Å². The van der Waals surface area contributed by atoms with E-state index >= 15 is 0 Å². The van der Waals surface area contributed by atoms with E-state index in [2.05, 4.69) is 5.32 Å². The Bertz CT molecular complexity index is 414. The van der Waals surface area contributed by atoms with E-state index in [1.807, 2.05) is 12.1 Å². The zero-order chi connectivity index (χ0) is 12.0. The molecule has 5 heteroatoms. The summed E-state index contributed by atoms with van der Waals surface area (Å²) in [7, 11) is -3.08. The molecule has 0 saturated heterocycles. The summed E-state index contributed by atoms with van der Waals surface area (Å²) < 4.78 is 23.1. The number of halogens is 1. The number of sulfone groups is 1. The van der Waals surface area contributed by atoms with Crippen LogP contribution in [0.4, 0.5) is 0 Å². The van der Waals surface area contributed by atoms with Crippen molar-refractivity contribution in [3.63, 3.8) is 0 Å². The second-order valence-electron chi connectivity index (χ2n) is 3.41. The van der Waals surface area contributed by atoms with Crippen molar-refractivity contribution in [2.45, 2.75) is 18.4 Å². The van der Waals surface area contributed by atoms with Gasteiger partial charge in [0.15, 0.2) is 9.84 Å². The Morgan fingerprint density at radius 3 is 2.38 bits per heavy atom. The van der Waals surface area contributed by atoms with Crippen molar-refractivity contribution in [3.8, 4) is 0 Å². The average molecular weight is 262 g/mol. The number of alkyl halides is 1. The molecule has 0 spiro atoms. The SMILES string of the molecule is CCS(=O)(=O)c1ccc(CNCCCl)cc1. The first-order valence-corrected chi connectivity index (χ1v) is 7.37. The highest BCUT2D eigenvalue weighted by atomic mass is 35.5. The molecule has 1 aromatic rings. The summed E-state index contributed by atoms with van der Waals surface area (Å²) in [5, 5.41) is 3.14. The van der Waals surface area contributed by atoms with Gasteiger partial charge >= 0.3 is 0 Å². The molecule has 0 aromatic heterocycles. The number of hydrogen-bond donors (Lipinski definition) is 1. The Morgan fingerprint density at radius 1 is 1.25 bits per heavy atom. The highest BCUT2D eigenvalue weighted by molar-refractivity contribution is 7.91. The Morgan fingerprint density at radius 2 is 1.88 bits per heavy atom. The quantitative estimate of drug-likeness (QED) is 0.628. The third-order valence-electron chi connectivity index (χ3n) is 2.26. The summed E-state index contributed by atoms with van der Waals surface area (Å²) in [6, 6.07) is 6.95. The lowest BCUT2D eigenvalue weighted by Gasteiger charge is -2.05. The van der Waals surface area contributed by atoms with E-state index in [-0.39, 0.29) is 5.75 Å². The minimum absolute atomic E-state index is 0.136. The summed E-state index contributed by atoms with van der Waals surface area (Å²) >= 11 is 5.53. The largest absolute Gasteiger partial charge is 0.311 e. The van der Waals surface area contributed by atoms with E-state index < -0.39 is 9.84 Å². The van der Waals surface area contributed by atoms with Crippen molar-refractivity contribution in [1.29, 1.82) is 0 Å². The van der Waals surface area contributed by atoms with Crippen molar-refractivity contribution in [2.75, 3.05) is 18.2 Å². The highest BCUT2D eigenvalue weighted by Crippen LogP contribution is 2.12. The van der Waals surface area contributed by atoms with E-state index in [4.69, 9.17) is 11.6 Å². The lowest BCUT2D eigenvalue weighted by Crippen LogP contribution is -2.15. The van der Waals surface area contributed by atoms with Gasteiger partial charge in [-0.15, -0.1) is 11.6 Å². The van der Waals surface area contributed by atoms with E-state index in [0.29, 0.717) is 17.3 Å². The van der Waals surface area contributed by atoms with Crippen LogP contribution in [0.1, 0.15) is 12.5 Å². The van der Waals surface area contributed by atoms with E-state index in [0.717, 1.165) is 12.1 Å². The Balaban J connectivity index is 2.68. The predicted octanol–water partition coefficient (Wildman–Crippen LogP) is 1.81. The van der Waals surface area contributed by atoms with Gasteiger partial charge in [-0.25, -0.2) is 8.42 Å². The standard InChI is InChI=1S/C11H16ClNO2S/c1-2-16(14,15)11-5-3-10(4-6-11)9-13-8-7-12/h3-6,13H,2,7-9H2,1H3. The Kier molecular flexibility index (Phi) is 5.25. The van der Waals surface area contributed by atoms with Gasteiger partial charge in [0.25, 0.3) is 0 Å². The van der Waals surface area contributed by atoms with Crippen molar-refractivity contribution in [2.24, 2.45) is 0 Å². The molecule has 1 rings (SSSR count). The zero-order valence-electron chi connectivity index (χ0n) is 9.24. The maximum atomic E-state index is 11.5. The average Bonchev–Trinajstić information content (AvgIpc) is 2.30. The molecular formula is C11H16ClNO2S. The van der Waals surface area contributed by atoms with Gasteiger partial charge in [0, 0.05) is 19.0 Å². The fourth-order valence-electron chi connectivity index (χ4n) is 1.28. The maximum Gasteiger partial charge on any atom is 0.178 e. The molecule has 0 bridgehead atoms. The predicted molar refractivity (Wildman–Crippen MR) is 66.6 cm³/mol. The fourth-order valence-corrected chi connectivity index (χ4v) is 2.30. The summed E-state index contributed by atoms with van der Waals surface area (Å²) in [6.45, 7) is 3.10. The van der Waals surface area contributed by atoms with Crippen molar-refractivity contribution < 1.29 is 8.42 Å². The molecule has 0 amide bonds. The van der Waals surface area contributed by atoms with Crippen LogP contribution < -0.4 is 5.32 Å². The monoisotopic (exact) mass is 261 g/mol. The molecule has 0 atom stereocenters. The Labute approximate surface area is 102 Å². The molecule has 0 heterocycles. The second-order valence-corrected chi connectivity index (χ2v) is 6.07. The van der Waals surface area contributed by atoms with Gasteiger partial charge in [-0.1, -0.05) is 19.1 Å². The van der Waals surface area contributed by atoms with Gasteiger partial charge < -0.3 is 5.32 Å². The molecule has 3 nitrogen and oxygen atoms in total. The lowest BCUT2D eigenvalue weighted by atomic mass is 10.2. The van der Waals surface area contributed by atoms with Gasteiger partial charge in [0.1, 0.15) is 0 Å². The molecule has 16 heavy (non-hydrogen) atoms. The summed E-state index contributed by atoms with van der Waals surface area (Å²) in [5.41, 5.74) is 1.06. The molecule has 0 fully saturated rings. The topological polar surface area (TPSA) is 46.2 Å². The molecule has 0 saturated carbocycles. The van der Waals surface area contributed by atoms with E-state index in [9.17, 15) is 8.42 Å². The zero-order valence-corrected chi connectivity index (χ0v) is 10.8. The maximum absolute atomic E-state index is 11.5. The van der Waals surface area contributed by atoms with Crippen LogP contribution in [0.5, 0.6) is 0 Å². The fraction of sp³-hybridized carbons (Fsp3) is 0.455. The molecule has 0 aliphatic rings. The third-order valence-corrected chi connectivity index (χ3v) is 4.20. The van der Waals surface area contributed by atoms with Gasteiger partial charge in [0.2, 0.25) is 0 Å². The molecule has 0 aliphatic heterocycles. The number of rotatable bonds is 6. The number of nitrogens with one attached hydrogen (secondary N) is 1. The van der Waals surface area contributed by atoms with E-state index in [1.54, 1.807) is 19.1 Å². The summed E-state index contributed by atoms with van der Waals surface area (Å²) in [6.07, 6.45) is 0. The smallest absolute Gasteiger partial charge is 0.178 e. The molecule has 0 aliphatic carbocycles. The minimum Gasteiger partial charge on any atom is -0.311 e. The number of hydrogen-bond acceptors (Lipinski definition) is 3. The molecule has 90 valence electrons. The highest BCUT2D eigenvalue weighted by Gasteiger charge is 2.10. The molecule has 1 aromatic carbocycles. The van der Waals surface area contributed by atoms with Crippen LogP contribution in [0.15, 0.2) is 29.2 Å². The summed E-state index contributed by atoms with van der Waals surface area (Å²) in [5.74, 6) is 0.707. The normalized spacial score (nSPS) is 11.6. The molecule has 0 unspecified atom stereocenters. The second kappa shape index (κ2) is 6.23. The first-order chi connectivity index (χ1) is 7.60. The van der Waals surface area contributed by atoms with Crippen molar-refractivity contribution >= 4 is 21.4 Å². The number of benzene rings is 1. The van der Waals surface area contributed by atoms with E-state index in [1.165, 1.54) is 0 Å². The van der Waals surface area contributed by atoms with Gasteiger partial charge in [-0.2, -0.15) is 0 Å². The van der Waals surface area contributed by atoms with Crippen LogP contribution in [0, 0.1) is 0 Å². The Hall–Kier alpha value is -0.580.